The van der Waals surface area contributed by atoms with E-state index in [0.29, 0.717) is 0 Å². The van der Waals surface area contributed by atoms with E-state index in [4.69, 9.17) is 40.1 Å². The quantitative estimate of drug-likeness (QED) is 0.305. The summed E-state index contributed by atoms with van der Waals surface area (Å²) in [7, 11) is 0. The van der Waals surface area contributed by atoms with Crippen LogP contribution in [0.4, 0.5) is 0 Å². The maximum absolute atomic E-state index is 9.78. The molecule has 0 aromatic heterocycles. The molecule has 0 aromatic rings. The molecule has 0 saturated carbocycles. The van der Waals surface area contributed by atoms with Gasteiger partial charge >= 0.3 is 0 Å². The lowest BCUT2D eigenvalue weighted by Crippen LogP contribution is -2.35. The lowest BCUT2D eigenvalue weighted by atomic mass is 10.2. The fraction of sp³-hybridized carbons (Fsp3) is 0.600. The standard InChI is InChI=1S/C5H3Cl3N2O/c1-4(6,10-3-11)5(7,8)2-9/h1H3. The van der Waals surface area contributed by atoms with Gasteiger partial charge in [0.05, 0.1) is 0 Å². The minimum Gasteiger partial charge on any atom is -0.211 e. The Kier molecular flexibility index (Phi) is 3.34. The SMILES string of the molecule is CC(Cl)(N=C=O)C(Cl)(Cl)C#N. The molecule has 6 heteroatoms. The van der Waals surface area contributed by atoms with Crippen molar-refractivity contribution in [2.24, 2.45) is 4.99 Å². The highest BCUT2D eigenvalue weighted by Crippen LogP contribution is 2.39. The average Bonchev–Trinajstić information content (AvgIpc) is 1.87. The summed E-state index contributed by atoms with van der Waals surface area (Å²) in [6.07, 6.45) is 1.17. The Morgan fingerprint density at radius 2 is 1.91 bits per heavy atom. The third-order valence-electron chi connectivity index (χ3n) is 0.969. The van der Waals surface area contributed by atoms with Crippen molar-refractivity contribution in [3.8, 4) is 6.07 Å². The molecule has 1 unspecified atom stereocenters. The van der Waals surface area contributed by atoms with Crippen molar-refractivity contribution < 1.29 is 4.79 Å². The number of hydrogen-bond acceptors (Lipinski definition) is 3. The van der Waals surface area contributed by atoms with Crippen LogP contribution in [0.1, 0.15) is 6.92 Å². The highest BCUT2D eigenvalue weighted by atomic mass is 35.5. The Labute approximate surface area is 78.6 Å². The van der Waals surface area contributed by atoms with E-state index >= 15 is 0 Å². The summed E-state index contributed by atoms with van der Waals surface area (Å²) in [5.41, 5.74) is 0. The maximum Gasteiger partial charge on any atom is 0.242 e. The molecule has 3 nitrogen and oxygen atoms in total. The van der Waals surface area contributed by atoms with Gasteiger partial charge in [0, 0.05) is 0 Å². The van der Waals surface area contributed by atoms with E-state index in [0.717, 1.165) is 0 Å². The van der Waals surface area contributed by atoms with Crippen LogP contribution in [-0.2, 0) is 4.79 Å². The van der Waals surface area contributed by atoms with Crippen LogP contribution in [0.25, 0.3) is 0 Å². The van der Waals surface area contributed by atoms with E-state index in [2.05, 4.69) is 4.99 Å². The second-order valence-corrected chi connectivity index (χ2v) is 3.91. The molecule has 0 aliphatic rings. The van der Waals surface area contributed by atoms with Crippen LogP contribution in [0.15, 0.2) is 4.99 Å². The molecule has 0 rings (SSSR count). The largest absolute Gasteiger partial charge is 0.242 e. The fourth-order valence-electron chi connectivity index (χ4n) is 0.258. The summed E-state index contributed by atoms with van der Waals surface area (Å²) in [5, 5.41) is 8.37. The van der Waals surface area contributed by atoms with Gasteiger partial charge in [0.1, 0.15) is 6.07 Å². The Morgan fingerprint density at radius 3 is 2.18 bits per heavy atom. The first-order valence-corrected chi connectivity index (χ1v) is 3.58. The molecule has 0 aliphatic carbocycles. The van der Waals surface area contributed by atoms with Crippen LogP contribution in [0.3, 0.4) is 0 Å². The first kappa shape index (κ1) is 10.7. The highest BCUT2D eigenvalue weighted by molar-refractivity contribution is 6.55. The minimum atomic E-state index is -1.92. The minimum absolute atomic E-state index is 1.17. The predicted molar refractivity (Wildman–Crippen MR) is 42.4 cm³/mol. The molecule has 11 heavy (non-hydrogen) atoms. The van der Waals surface area contributed by atoms with Gasteiger partial charge in [-0.3, -0.25) is 0 Å². The number of hydrogen-bond donors (Lipinski definition) is 0. The van der Waals surface area contributed by atoms with Crippen LogP contribution < -0.4 is 0 Å². The lowest BCUT2D eigenvalue weighted by Gasteiger charge is -2.22. The zero-order valence-electron chi connectivity index (χ0n) is 5.44. The zero-order valence-corrected chi connectivity index (χ0v) is 7.70. The van der Waals surface area contributed by atoms with Crippen molar-refractivity contribution in [2.45, 2.75) is 16.3 Å². The Morgan fingerprint density at radius 1 is 1.45 bits per heavy atom. The molecule has 60 valence electrons. The van der Waals surface area contributed by atoms with Gasteiger partial charge in [0.15, 0.2) is 5.00 Å². The Bertz CT molecular complexity index is 237. The molecule has 0 amide bonds. The van der Waals surface area contributed by atoms with Crippen LogP contribution in [-0.4, -0.2) is 15.4 Å². The summed E-state index contributed by atoms with van der Waals surface area (Å²) in [6, 6.07) is 1.49. The van der Waals surface area contributed by atoms with E-state index in [9.17, 15) is 4.79 Å². The molecule has 0 N–H and O–H groups in total. The number of halogens is 3. The highest BCUT2D eigenvalue weighted by Gasteiger charge is 2.45. The third kappa shape index (κ3) is 2.36. The van der Waals surface area contributed by atoms with Gasteiger partial charge in [-0.15, -0.1) is 0 Å². The normalized spacial score (nSPS) is 15.9. The van der Waals surface area contributed by atoms with Crippen LogP contribution in [0, 0.1) is 11.3 Å². The van der Waals surface area contributed by atoms with E-state index in [1.54, 1.807) is 0 Å². The topological polar surface area (TPSA) is 53.2 Å². The zero-order chi connectivity index (χ0) is 9.12. The van der Waals surface area contributed by atoms with E-state index < -0.39 is 9.33 Å². The molecule has 0 aliphatic heterocycles. The second kappa shape index (κ2) is 3.42. The predicted octanol–water partition coefficient (Wildman–Crippen LogP) is 1.97. The van der Waals surface area contributed by atoms with Crippen molar-refractivity contribution in [1.29, 1.82) is 5.26 Å². The third-order valence-corrected chi connectivity index (χ3v) is 2.44. The molecule has 1 atom stereocenters. The number of carbonyl (C=O) groups excluding carboxylic acids is 1. The molecule has 0 aromatic carbocycles. The van der Waals surface area contributed by atoms with Gasteiger partial charge in [-0.2, -0.15) is 10.3 Å². The molecular formula is C5H3Cl3N2O. The van der Waals surface area contributed by atoms with Crippen molar-refractivity contribution in [1.82, 2.24) is 0 Å². The summed E-state index contributed by atoms with van der Waals surface area (Å²) < 4.78 is -1.92. The van der Waals surface area contributed by atoms with Crippen molar-refractivity contribution in [2.75, 3.05) is 0 Å². The number of isocyanates is 1. The molecule has 0 spiro atoms. The summed E-state index contributed by atoms with van der Waals surface area (Å²) in [6.45, 7) is 1.24. The van der Waals surface area contributed by atoms with Crippen LogP contribution in [0.2, 0.25) is 0 Å². The number of aliphatic imine (C=N–C) groups is 1. The molecule has 0 saturated heterocycles. The molecule has 0 fully saturated rings. The van der Waals surface area contributed by atoms with Gasteiger partial charge in [0.2, 0.25) is 10.4 Å². The lowest BCUT2D eigenvalue weighted by molar-refractivity contribution is 0.551. The van der Waals surface area contributed by atoms with Crippen molar-refractivity contribution >= 4 is 40.9 Å². The first-order valence-electron chi connectivity index (χ1n) is 2.44. The first-order chi connectivity index (χ1) is 4.87. The van der Waals surface area contributed by atoms with Gasteiger partial charge < -0.3 is 0 Å². The smallest absolute Gasteiger partial charge is 0.211 e. The number of alkyl halides is 3. The monoisotopic (exact) mass is 212 g/mol. The van der Waals surface area contributed by atoms with Gasteiger partial charge in [-0.25, -0.2) is 4.79 Å². The Balaban J connectivity index is 4.85. The Hall–Kier alpha value is -0.260. The number of nitriles is 1. The van der Waals surface area contributed by atoms with E-state index in [1.807, 2.05) is 0 Å². The van der Waals surface area contributed by atoms with Crippen molar-refractivity contribution in [3.05, 3.63) is 0 Å². The van der Waals surface area contributed by atoms with Gasteiger partial charge in [-0.05, 0) is 6.92 Å². The fourth-order valence-corrected chi connectivity index (χ4v) is 0.419. The summed E-state index contributed by atoms with van der Waals surface area (Å²) in [4.78, 5) is 11.2. The summed E-state index contributed by atoms with van der Waals surface area (Å²) in [5.74, 6) is 0. The molecule has 0 bridgehead atoms. The van der Waals surface area contributed by atoms with E-state index in [-0.39, 0.29) is 0 Å². The number of nitrogens with zero attached hydrogens (tertiary/aromatic N) is 2. The molecule has 0 heterocycles. The van der Waals surface area contributed by atoms with Crippen LogP contribution >= 0.6 is 34.8 Å². The summed E-state index contributed by atoms with van der Waals surface area (Å²) >= 11 is 16.3. The second-order valence-electron chi connectivity index (χ2n) is 1.84. The van der Waals surface area contributed by atoms with Crippen LogP contribution in [0.5, 0.6) is 0 Å². The van der Waals surface area contributed by atoms with E-state index in [1.165, 1.54) is 19.1 Å². The van der Waals surface area contributed by atoms with Gasteiger partial charge in [-0.1, -0.05) is 34.8 Å². The van der Waals surface area contributed by atoms with Crippen molar-refractivity contribution in [3.63, 3.8) is 0 Å². The molecular weight excluding hydrogens is 210 g/mol. The maximum atomic E-state index is 9.78. The average molecular weight is 213 g/mol. The van der Waals surface area contributed by atoms with Gasteiger partial charge in [0.25, 0.3) is 0 Å². The number of rotatable bonds is 2. The molecule has 0 radical (unpaired) electrons.